The summed E-state index contributed by atoms with van der Waals surface area (Å²) >= 11 is 1.19. The normalized spacial score (nSPS) is 11.4. The third-order valence-corrected chi connectivity index (χ3v) is 4.29. The van der Waals surface area contributed by atoms with E-state index in [-0.39, 0.29) is 11.4 Å². The molecule has 0 spiro atoms. The van der Waals surface area contributed by atoms with Gasteiger partial charge in [0.05, 0.1) is 15.6 Å². The van der Waals surface area contributed by atoms with E-state index >= 15 is 0 Å². The van der Waals surface area contributed by atoms with Crippen molar-refractivity contribution in [2.45, 2.75) is 11.8 Å². The number of sulfone groups is 1. The van der Waals surface area contributed by atoms with Crippen LogP contribution < -0.4 is 0 Å². The highest BCUT2D eigenvalue weighted by atomic mass is 32.2. The summed E-state index contributed by atoms with van der Waals surface area (Å²) in [6.07, 6.45) is 1.15. The second-order valence-corrected chi connectivity index (χ2v) is 7.10. The molecule has 1 aromatic rings. The molecule has 0 fully saturated rings. The number of rotatable bonds is 5. The van der Waals surface area contributed by atoms with E-state index in [1.54, 1.807) is 19.1 Å². The highest BCUT2D eigenvalue weighted by Crippen LogP contribution is 2.29. The van der Waals surface area contributed by atoms with Crippen molar-refractivity contribution in [2.24, 2.45) is 0 Å². The minimum atomic E-state index is -3.03. The first-order chi connectivity index (χ1) is 7.79. The maximum Gasteiger partial charge on any atom is 0.283 e. The Morgan fingerprint density at radius 2 is 2.06 bits per heavy atom. The molecule has 0 amide bonds. The summed E-state index contributed by atoms with van der Waals surface area (Å²) < 4.78 is 21.9. The topological polar surface area (TPSA) is 77.3 Å². The van der Waals surface area contributed by atoms with Crippen molar-refractivity contribution in [3.63, 3.8) is 0 Å². The number of nitrogens with zero attached hydrogens (tertiary/aromatic N) is 1. The summed E-state index contributed by atoms with van der Waals surface area (Å²) in [6, 6.07) is 4.92. The zero-order valence-electron chi connectivity index (χ0n) is 9.54. The van der Waals surface area contributed by atoms with Crippen LogP contribution in [0.25, 0.3) is 0 Å². The Labute approximate surface area is 104 Å². The van der Waals surface area contributed by atoms with Crippen molar-refractivity contribution < 1.29 is 13.3 Å². The second kappa shape index (κ2) is 5.50. The van der Waals surface area contributed by atoms with Crippen LogP contribution in [0.2, 0.25) is 0 Å². The molecular weight excluding hydrogens is 262 g/mol. The molecule has 94 valence electrons. The molecule has 0 aliphatic heterocycles. The molecule has 0 unspecified atom stereocenters. The molecule has 1 aromatic carbocycles. The molecular formula is C10H13NO4S2. The van der Waals surface area contributed by atoms with Gasteiger partial charge in [-0.3, -0.25) is 10.1 Å². The summed E-state index contributed by atoms with van der Waals surface area (Å²) in [4.78, 5) is 10.9. The number of hydrogen-bond acceptors (Lipinski definition) is 5. The molecule has 0 N–H and O–H groups in total. The van der Waals surface area contributed by atoms with Crippen LogP contribution >= 0.6 is 11.8 Å². The number of hydrogen-bond donors (Lipinski definition) is 0. The average Bonchev–Trinajstić information content (AvgIpc) is 2.18. The minimum Gasteiger partial charge on any atom is -0.258 e. The van der Waals surface area contributed by atoms with Crippen LogP contribution in [0.15, 0.2) is 23.1 Å². The maximum absolute atomic E-state index is 10.9. The van der Waals surface area contributed by atoms with E-state index in [0.717, 1.165) is 11.8 Å². The third kappa shape index (κ3) is 4.74. The van der Waals surface area contributed by atoms with Gasteiger partial charge in [-0.2, -0.15) is 0 Å². The standard InChI is InChI=1S/C10H13NO4S2/c1-8-3-4-10(9(7-8)11(12)13)16-5-6-17(2,14)15/h3-4,7H,5-6H2,1-2H3. The summed E-state index contributed by atoms with van der Waals surface area (Å²) in [5.41, 5.74) is 0.840. The molecule has 0 aromatic heterocycles. The zero-order chi connectivity index (χ0) is 13.1. The molecule has 0 aliphatic rings. The molecule has 1 rings (SSSR count). The molecule has 7 heteroatoms. The number of aryl methyl sites for hydroxylation is 1. The van der Waals surface area contributed by atoms with Crippen LogP contribution in [-0.4, -0.2) is 31.1 Å². The summed E-state index contributed by atoms with van der Waals surface area (Å²) in [7, 11) is -3.03. The first-order valence-corrected chi connectivity index (χ1v) is 7.90. The molecule has 17 heavy (non-hydrogen) atoms. The van der Waals surface area contributed by atoms with Gasteiger partial charge in [-0.25, -0.2) is 8.42 Å². The smallest absolute Gasteiger partial charge is 0.258 e. The number of nitro groups is 1. The lowest BCUT2D eigenvalue weighted by Crippen LogP contribution is -2.05. The third-order valence-electron chi connectivity index (χ3n) is 2.02. The van der Waals surface area contributed by atoms with Crippen molar-refractivity contribution in [3.8, 4) is 0 Å². The SMILES string of the molecule is Cc1ccc(SCCS(C)(=O)=O)c([N+](=O)[O-])c1. The molecule has 0 saturated carbocycles. The quantitative estimate of drug-likeness (QED) is 0.467. The van der Waals surface area contributed by atoms with E-state index in [2.05, 4.69) is 0 Å². The van der Waals surface area contributed by atoms with Crippen molar-refractivity contribution in [2.75, 3.05) is 17.8 Å². The molecule has 0 aliphatic carbocycles. The summed E-state index contributed by atoms with van der Waals surface area (Å²) in [5.74, 6) is 0.339. The van der Waals surface area contributed by atoms with Gasteiger partial charge >= 0.3 is 0 Å². The predicted octanol–water partition coefficient (Wildman–Crippen LogP) is 2.04. The Bertz CT molecular complexity index is 525. The lowest BCUT2D eigenvalue weighted by molar-refractivity contribution is -0.387. The fraction of sp³-hybridized carbons (Fsp3) is 0.400. The minimum absolute atomic E-state index is 0.0166. The van der Waals surface area contributed by atoms with Crippen LogP contribution in [0.3, 0.4) is 0 Å². The molecule has 0 saturated heterocycles. The van der Waals surface area contributed by atoms with Crippen LogP contribution in [0.4, 0.5) is 5.69 Å². The fourth-order valence-corrected chi connectivity index (χ4v) is 3.40. The molecule has 5 nitrogen and oxygen atoms in total. The van der Waals surface area contributed by atoms with Gasteiger partial charge < -0.3 is 0 Å². The number of thioether (sulfide) groups is 1. The molecule has 0 heterocycles. The average molecular weight is 275 g/mol. The Hall–Kier alpha value is -1.08. The Morgan fingerprint density at radius 1 is 1.41 bits per heavy atom. The van der Waals surface area contributed by atoms with E-state index in [1.165, 1.54) is 17.8 Å². The monoisotopic (exact) mass is 275 g/mol. The van der Waals surface area contributed by atoms with E-state index in [4.69, 9.17) is 0 Å². The number of benzene rings is 1. The molecule has 0 bridgehead atoms. The highest BCUT2D eigenvalue weighted by molar-refractivity contribution is 8.00. The van der Waals surface area contributed by atoms with Crippen molar-refractivity contribution >= 4 is 27.3 Å². The van der Waals surface area contributed by atoms with Gasteiger partial charge in [-0.15, -0.1) is 11.8 Å². The van der Waals surface area contributed by atoms with Crippen LogP contribution in [-0.2, 0) is 9.84 Å². The van der Waals surface area contributed by atoms with Gasteiger partial charge in [0.2, 0.25) is 0 Å². The van der Waals surface area contributed by atoms with Crippen LogP contribution in [0.1, 0.15) is 5.56 Å². The van der Waals surface area contributed by atoms with Crippen molar-refractivity contribution in [3.05, 3.63) is 33.9 Å². The Kier molecular flexibility index (Phi) is 4.53. The zero-order valence-corrected chi connectivity index (χ0v) is 11.2. The Balaban J connectivity index is 2.81. The highest BCUT2D eigenvalue weighted by Gasteiger charge is 2.14. The number of nitro benzene ring substituents is 1. The van der Waals surface area contributed by atoms with Crippen LogP contribution in [0, 0.1) is 17.0 Å². The van der Waals surface area contributed by atoms with E-state index in [0.29, 0.717) is 10.6 Å². The van der Waals surface area contributed by atoms with Gasteiger partial charge in [0.15, 0.2) is 0 Å². The lowest BCUT2D eigenvalue weighted by Gasteiger charge is -2.03. The maximum atomic E-state index is 10.9. The summed E-state index contributed by atoms with van der Waals surface area (Å²) in [6.45, 7) is 1.78. The first-order valence-electron chi connectivity index (χ1n) is 4.85. The summed E-state index contributed by atoms with van der Waals surface area (Å²) in [5, 5.41) is 10.8. The fourth-order valence-electron chi connectivity index (χ4n) is 1.20. The first kappa shape index (κ1) is 14.0. The van der Waals surface area contributed by atoms with Gasteiger partial charge in [0, 0.05) is 18.1 Å². The van der Waals surface area contributed by atoms with Gasteiger partial charge in [0.25, 0.3) is 5.69 Å². The van der Waals surface area contributed by atoms with E-state index in [1.807, 2.05) is 0 Å². The van der Waals surface area contributed by atoms with Crippen molar-refractivity contribution in [1.82, 2.24) is 0 Å². The largest absolute Gasteiger partial charge is 0.283 e. The van der Waals surface area contributed by atoms with Gasteiger partial charge in [-0.1, -0.05) is 6.07 Å². The van der Waals surface area contributed by atoms with E-state index < -0.39 is 14.8 Å². The molecule has 0 radical (unpaired) electrons. The van der Waals surface area contributed by atoms with Crippen molar-refractivity contribution in [1.29, 1.82) is 0 Å². The van der Waals surface area contributed by atoms with Gasteiger partial charge in [-0.05, 0) is 18.6 Å². The lowest BCUT2D eigenvalue weighted by atomic mass is 10.2. The van der Waals surface area contributed by atoms with Crippen LogP contribution in [0.5, 0.6) is 0 Å². The van der Waals surface area contributed by atoms with Gasteiger partial charge in [0.1, 0.15) is 9.84 Å². The van der Waals surface area contributed by atoms with E-state index in [9.17, 15) is 18.5 Å². The Morgan fingerprint density at radius 3 is 2.59 bits per heavy atom. The predicted molar refractivity (Wildman–Crippen MR) is 68.3 cm³/mol. The molecule has 0 atom stereocenters. The second-order valence-electron chi connectivity index (χ2n) is 3.71.